The summed E-state index contributed by atoms with van der Waals surface area (Å²) in [5, 5.41) is 2.66. The first-order chi connectivity index (χ1) is 19.5. The Morgan fingerprint density at radius 3 is 1.35 bits per heavy atom. The van der Waals surface area contributed by atoms with Crippen molar-refractivity contribution in [3.8, 4) is 5.75 Å². The molecule has 0 spiro atoms. The van der Waals surface area contributed by atoms with Crippen LogP contribution in [0.25, 0.3) is 0 Å². The Kier molecular flexibility index (Phi) is 9.18. The van der Waals surface area contributed by atoms with Crippen molar-refractivity contribution in [1.29, 1.82) is 0 Å². The van der Waals surface area contributed by atoms with Crippen molar-refractivity contribution in [2.45, 2.75) is 16.6 Å². The van der Waals surface area contributed by atoms with Gasteiger partial charge in [-0.05, 0) is 25.1 Å². The molecular formula is C33H29BrO3P2S. The maximum atomic E-state index is 16.0. The number of thioether (sulfide) groups is 1. The van der Waals surface area contributed by atoms with Gasteiger partial charge in [-0.3, -0.25) is 0 Å². The number of ether oxygens (including phenoxy) is 1. The highest BCUT2D eigenvalue weighted by Gasteiger charge is 2.50. The molecule has 3 nitrogen and oxygen atoms in total. The molecule has 0 amide bonds. The molecule has 0 heterocycles. The highest BCUT2D eigenvalue weighted by Crippen LogP contribution is 2.71. The average Bonchev–Trinajstić information content (AvgIpc) is 3.02. The Balaban J connectivity index is 1.87. The lowest BCUT2D eigenvalue weighted by Crippen LogP contribution is -2.31. The molecule has 0 radical (unpaired) electrons. The molecule has 0 aliphatic carbocycles. The topological polar surface area (TPSA) is 43.4 Å². The van der Waals surface area contributed by atoms with Gasteiger partial charge in [0, 0.05) is 25.7 Å². The number of rotatable bonds is 10. The highest BCUT2D eigenvalue weighted by molar-refractivity contribution is 9.10. The smallest absolute Gasteiger partial charge is 0.163 e. The van der Waals surface area contributed by atoms with Gasteiger partial charge in [-0.15, -0.1) is 11.8 Å². The lowest BCUT2D eigenvalue weighted by Gasteiger charge is -2.35. The van der Waals surface area contributed by atoms with E-state index in [-0.39, 0.29) is 0 Å². The van der Waals surface area contributed by atoms with Crippen LogP contribution in [-0.4, -0.2) is 11.3 Å². The van der Waals surface area contributed by atoms with Crippen LogP contribution in [0, 0.1) is 0 Å². The molecule has 202 valence electrons. The normalized spacial score (nSPS) is 11.9. The molecule has 0 aromatic heterocycles. The third kappa shape index (κ3) is 5.67. The van der Waals surface area contributed by atoms with Crippen molar-refractivity contribution >= 4 is 63.2 Å². The Morgan fingerprint density at radius 1 is 0.625 bits per heavy atom. The molecule has 0 bridgehead atoms. The summed E-state index contributed by atoms with van der Waals surface area (Å²) < 4.78 is 38.1. The SMILES string of the molecule is CCOc1ccc(Br)cc1SC(P(=O)(c1ccccc1)c1ccccc1)P(=O)(c1ccccc1)c1ccccc1. The third-order valence-corrected chi connectivity index (χ3v) is 17.8. The van der Waals surface area contributed by atoms with E-state index in [4.69, 9.17) is 4.74 Å². The minimum Gasteiger partial charge on any atom is -0.493 e. The number of hydrogen-bond acceptors (Lipinski definition) is 4. The summed E-state index contributed by atoms with van der Waals surface area (Å²) in [5.41, 5.74) is 0. The molecule has 5 aromatic rings. The van der Waals surface area contributed by atoms with Crippen LogP contribution in [0.2, 0.25) is 0 Å². The second kappa shape index (κ2) is 12.8. The molecule has 0 fully saturated rings. The first kappa shape index (κ1) is 28.7. The molecule has 5 rings (SSSR count). The second-order valence-corrected chi connectivity index (χ2v) is 18.0. The van der Waals surface area contributed by atoms with E-state index in [1.165, 1.54) is 11.8 Å². The van der Waals surface area contributed by atoms with Gasteiger partial charge >= 0.3 is 0 Å². The molecule has 0 atom stereocenters. The maximum absolute atomic E-state index is 16.0. The van der Waals surface area contributed by atoms with E-state index in [9.17, 15) is 0 Å². The number of hydrogen-bond donors (Lipinski definition) is 0. The minimum atomic E-state index is -3.58. The summed E-state index contributed by atoms with van der Waals surface area (Å²) in [6.45, 7) is 2.41. The maximum Gasteiger partial charge on any atom is 0.163 e. The zero-order valence-electron chi connectivity index (χ0n) is 22.0. The van der Waals surface area contributed by atoms with Crippen LogP contribution in [-0.2, 0) is 9.13 Å². The summed E-state index contributed by atoms with van der Waals surface area (Å²) in [6.07, 6.45) is 0. The van der Waals surface area contributed by atoms with E-state index in [2.05, 4.69) is 15.9 Å². The fourth-order valence-corrected chi connectivity index (χ4v) is 16.8. The van der Waals surface area contributed by atoms with E-state index < -0.39 is 19.0 Å². The van der Waals surface area contributed by atoms with Crippen molar-refractivity contribution in [1.82, 2.24) is 0 Å². The first-order valence-electron chi connectivity index (χ1n) is 13.0. The molecule has 0 aliphatic rings. The van der Waals surface area contributed by atoms with Crippen LogP contribution in [0.3, 0.4) is 0 Å². The monoisotopic (exact) mass is 646 g/mol. The van der Waals surface area contributed by atoms with E-state index in [1.54, 1.807) is 0 Å². The van der Waals surface area contributed by atoms with Crippen LogP contribution < -0.4 is 26.0 Å². The predicted molar refractivity (Wildman–Crippen MR) is 174 cm³/mol. The van der Waals surface area contributed by atoms with Crippen LogP contribution in [0.1, 0.15) is 6.92 Å². The molecule has 0 saturated carbocycles. The van der Waals surface area contributed by atoms with Crippen molar-refractivity contribution in [3.05, 3.63) is 144 Å². The lowest BCUT2D eigenvalue weighted by molar-refractivity contribution is 0.332. The molecule has 40 heavy (non-hydrogen) atoms. The minimum absolute atomic E-state index is 0.476. The Bertz CT molecular complexity index is 1470. The van der Waals surface area contributed by atoms with Gasteiger partial charge in [0.05, 0.1) is 11.5 Å². The van der Waals surface area contributed by atoms with Gasteiger partial charge in [0.15, 0.2) is 14.3 Å². The van der Waals surface area contributed by atoms with Crippen LogP contribution in [0.15, 0.2) is 149 Å². The summed E-state index contributed by atoms with van der Waals surface area (Å²) in [7, 11) is -7.15. The predicted octanol–water partition coefficient (Wildman–Crippen LogP) is 8.25. The van der Waals surface area contributed by atoms with Gasteiger partial charge in [-0.1, -0.05) is 137 Å². The lowest BCUT2D eigenvalue weighted by atomic mass is 10.3. The largest absolute Gasteiger partial charge is 0.493 e. The molecule has 0 aliphatic heterocycles. The summed E-state index contributed by atoms with van der Waals surface area (Å²) in [6, 6.07) is 43.8. The van der Waals surface area contributed by atoms with E-state index >= 15 is 9.13 Å². The average molecular weight is 648 g/mol. The number of benzene rings is 5. The zero-order valence-corrected chi connectivity index (χ0v) is 26.2. The fraction of sp³-hybridized carbons (Fsp3) is 0.0909. The Hall–Kier alpha value is -2.81. The van der Waals surface area contributed by atoms with Gasteiger partial charge in [0.2, 0.25) is 0 Å². The number of halogens is 1. The standard InChI is InChI=1S/C33H29BrO3P2S/c1-2-37-31-24-23-26(34)25-32(31)40-33(38(35,27-15-7-3-8-16-27)28-17-9-4-10-18-28)39(36,29-19-11-5-12-20-29)30-21-13-6-14-22-30/h3-25,33H,2H2,1H3. The molecule has 0 unspecified atom stereocenters. The van der Waals surface area contributed by atoms with Crippen molar-refractivity contribution in [2.75, 3.05) is 6.61 Å². The fourth-order valence-electron chi connectivity index (χ4n) is 4.75. The van der Waals surface area contributed by atoms with Crippen LogP contribution in [0.5, 0.6) is 5.75 Å². The summed E-state index contributed by atoms with van der Waals surface area (Å²) >= 11 is 4.99. The third-order valence-electron chi connectivity index (χ3n) is 6.62. The van der Waals surface area contributed by atoms with E-state index in [0.29, 0.717) is 33.6 Å². The molecule has 7 heteroatoms. The van der Waals surface area contributed by atoms with Gasteiger partial charge in [0.1, 0.15) is 10.5 Å². The summed E-state index contributed by atoms with van der Waals surface area (Å²) in [5.74, 6) is 0.668. The van der Waals surface area contributed by atoms with Gasteiger partial charge in [0.25, 0.3) is 0 Å². The Morgan fingerprint density at radius 2 is 1.00 bits per heavy atom. The van der Waals surface area contributed by atoms with E-state index in [1.807, 2.05) is 146 Å². The van der Waals surface area contributed by atoms with E-state index in [0.717, 1.165) is 9.37 Å². The zero-order chi connectivity index (χ0) is 28.0. The Labute approximate surface area is 248 Å². The second-order valence-electron chi connectivity index (χ2n) is 9.13. The van der Waals surface area contributed by atoms with Gasteiger partial charge in [-0.25, -0.2) is 0 Å². The molecule has 0 N–H and O–H groups in total. The van der Waals surface area contributed by atoms with Gasteiger partial charge in [-0.2, -0.15) is 0 Å². The molecular weight excluding hydrogens is 618 g/mol. The molecule has 0 saturated heterocycles. The highest BCUT2D eigenvalue weighted by atomic mass is 79.9. The van der Waals surface area contributed by atoms with Crippen LogP contribution in [0.4, 0.5) is 0 Å². The van der Waals surface area contributed by atoms with Crippen molar-refractivity contribution < 1.29 is 13.9 Å². The van der Waals surface area contributed by atoms with Crippen molar-refractivity contribution in [2.24, 2.45) is 0 Å². The molecule has 5 aromatic carbocycles. The quantitative estimate of drug-likeness (QED) is 0.113. The van der Waals surface area contributed by atoms with Crippen LogP contribution >= 0.6 is 42.0 Å². The van der Waals surface area contributed by atoms with Gasteiger partial charge < -0.3 is 13.9 Å². The first-order valence-corrected chi connectivity index (χ1v) is 18.2. The summed E-state index contributed by atoms with van der Waals surface area (Å²) in [4.78, 5) is 0.778. The van der Waals surface area contributed by atoms with Crippen molar-refractivity contribution in [3.63, 3.8) is 0 Å².